The minimum Gasteiger partial charge on any atom is -0.492 e. The lowest BCUT2D eigenvalue weighted by Crippen LogP contribution is -2.74. The number of amides is 4. The maximum Gasteiger partial charge on any atom is 0.255 e. The van der Waals surface area contributed by atoms with Crippen molar-refractivity contribution in [2.24, 2.45) is 16.7 Å². The van der Waals surface area contributed by atoms with Crippen LogP contribution in [0.4, 0.5) is 5.82 Å². The van der Waals surface area contributed by atoms with E-state index in [-0.39, 0.29) is 61.2 Å². The summed E-state index contributed by atoms with van der Waals surface area (Å²) in [5.41, 5.74) is 5.93. The van der Waals surface area contributed by atoms with Crippen LogP contribution in [0.2, 0.25) is 5.02 Å². The Bertz CT molecular complexity index is 2950. The smallest absolute Gasteiger partial charge is 0.255 e. The number of carbonyl (C=O) groups is 4. The number of fused-ring (bicyclic) bond motifs is 1. The van der Waals surface area contributed by atoms with E-state index in [9.17, 15) is 29.5 Å². The van der Waals surface area contributed by atoms with Crippen LogP contribution >= 0.6 is 22.9 Å². The number of aliphatic hydroxyl groups excluding tert-OH is 1. The summed E-state index contributed by atoms with van der Waals surface area (Å²) >= 11 is 7.82. The quantitative estimate of drug-likeness (QED) is 0.0909. The Morgan fingerprint density at radius 2 is 1.74 bits per heavy atom. The maximum absolute atomic E-state index is 14.3. The average molecular weight is 1040 g/mol. The number of anilines is 1. The van der Waals surface area contributed by atoms with Crippen LogP contribution in [0.5, 0.6) is 11.5 Å². The molecule has 16 nitrogen and oxygen atoms in total. The van der Waals surface area contributed by atoms with Crippen molar-refractivity contribution in [1.82, 2.24) is 35.3 Å². The van der Waals surface area contributed by atoms with Gasteiger partial charge in [-0.3, -0.25) is 24.1 Å². The predicted molar refractivity (Wildman–Crippen MR) is 283 cm³/mol. The third-order valence-corrected chi connectivity index (χ3v) is 16.6. The van der Waals surface area contributed by atoms with Crippen LogP contribution in [0.25, 0.3) is 10.4 Å². The number of hydrogen-bond acceptors (Lipinski definition) is 13. The van der Waals surface area contributed by atoms with Gasteiger partial charge in [-0.2, -0.15) is 5.26 Å². The molecule has 0 spiro atoms. The summed E-state index contributed by atoms with van der Waals surface area (Å²) in [7, 11) is 0. The number of halogens is 1. The van der Waals surface area contributed by atoms with E-state index in [2.05, 4.69) is 59.2 Å². The number of nitrogens with one attached hydrogen (secondary N) is 2. The normalized spacial score (nSPS) is 21.4. The number of likely N-dealkylation sites (tertiary alicyclic amines) is 1. The molecule has 9 rings (SSSR count). The summed E-state index contributed by atoms with van der Waals surface area (Å²) in [5.74, 6) is 0.611. The number of rotatable bonds is 16. The first-order valence-corrected chi connectivity index (χ1v) is 26.5. The molecule has 3 N–H and O–H groups in total. The van der Waals surface area contributed by atoms with Crippen molar-refractivity contribution in [3.8, 4) is 28.0 Å². The van der Waals surface area contributed by atoms with E-state index >= 15 is 0 Å². The molecule has 74 heavy (non-hydrogen) atoms. The van der Waals surface area contributed by atoms with Gasteiger partial charge in [0, 0.05) is 99.0 Å². The fraction of sp³-hybridized carbons (Fsp3) is 0.446. The average Bonchev–Trinajstić information content (AvgIpc) is 4.12. The fourth-order valence-electron chi connectivity index (χ4n) is 11.6. The predicted octanol–water partition coefficient (Wildman–Crippen LogP) is 7.11. The molecule has 4 amide bonds. The van der Waals surface area contributed by atoms with Gasteiger partial charge >= 0.3 is 0 Å². The van der Waals surface area contributed by atoms with E-state index < -0.39 is 29.0 Å². The molecule has 0 unspecified atom stereocenters. The molecule has 3 aliphatic heterocycles. The molecule has 0 radical (unpaired) electrons. The number of hydrogen-bond donors (Lipinski definition) is 3. The Morgan fingerprint density at radius 1 is 0.986 bits per heavy atom. The zero-order chi connectivity index (χ0) is 52.6. The summed E-state index contributed by atoms with van der Waals surface area (Å²) in [6, 6.07) is 22.2. The third kappa shape index (κ3) is 10.4. The Kier molecular flexibility index (Phi) is 15.1. The Morgan fingerprint density at radius 3 is 2.41 bits per heavy atom. The van der Waals surface area contributed by atoms with Crippen molar-refractivity contribution < 1.29 is 33.8 Å². The number of benzene rings is 3. The van der Waals surface area contributed by atoms with Crippen molar-refractivity contribution in [2.45, 2.75) is 98.3 Å². The number of aryl methyl sites for hydroxylation is 1. The molecular formula is C56H64ClN9O7S. The lowest BCUT2D eigenvalue weighted by atomic mass is 9.49. The molecule has 388 valence electrons. The molecule has 3 atom stereocenters. The van der Waals surface area contributed by atoms with E-state index in [0.717, 1.165) is 59.3 Å². The van der Waals surface area contributed by atoms with Crippen molar-refractivity contribution in [3.05, 3.63) is 123 Å². The number of aliphatic hydroxyl groups is 1. The van der Waals surface area contributed by atoms with Crippen LogP contribution in [-0.2, 0) is 22.7 Å². The number of ether oxygens (including phenoxy) is 2. The molecule has 2 saturated heterocycles. The monoisotopic (exact) mass is 1040 g/mol. The van der Waals surface area contributed by atoms with Gasteiger partial charge in [-0.05, 0) is 60.4 Å². The van der Waals surface area contributed by atoms with Crippen molar-refractivity contribution in [2.75, 3.05) is 50.8 Å². The van der Waals surface area contributed by atoms with E-state index in [1.807, 2.05) is 74.8 Å². The molecule has 2 aromatic heterocycles. The molecule has 3 aromatic carbocycles. The highest BCUT2D eigenvalue weighted by Crippen LogP contribution is 2.55. The summed E-state index contributed by atoms with van der Waals surface area (Å²) in [6.45, 7) is 18.6. The molecule has 1 saturated carbocycles. The fourth-order valence-corrected chi connectivity index (χ4v) is 12.6. The number of nitriles is 1. The largest absolute Gasteiger partial charge is 0.492 e. The van der Waals surface area contributed by atoms with E-state index in [4.69, 9.17) is 26.1 Å². The molecule has 3 fully saturated rings. The number of nitrogens with zero attached hydrogens (tertiary/aromatic N) is 7. The summed E-state index contributed by atoms with van der Waals surface area (Å²) in [6.07, 6.45) is 0.615. The topological polar surface area (TPSA) is 194 Å². The lowest BCUT2D eigenvalue weighted by molar-refractivity contribution is -0.164. The molecule has 18 heteroatoms. The zero-order valence-electron chi connectivity index (χ0n) is 42.9. The number of β-amino-alcohol motifs (C(OH)–C–C–N with tert-alkyl or cyclic N) is 1. The first kappa shape index (κ1) is 52.3. The second kappa shape index (κ2) is 21.3. The maximum atomic E-state index is 14.3. The second-order valence-corrected chi connectivity index (χ2v) is 22.6. The Labute approximate surface area is 441 Å². The van der Waals surface area contributed by atoms with E-state index in [1.165, 1.54) is 4.90 Å². The highest BCUT2D eigenvalue weighted by molar-refractivity contribution is 7.13. The van der Waals surface area contributed by atoms with Crippen LogP contribution in [0, 0.1) is 35.0 Å². The number of aromatic nitrogens is 2. The Hall–Kier alpha value is -6.58. The number of carbonyl (C=O) groups excluding carboxylic acids is 4. The van der Waals surface area contributed by atoms with Crippen LogP contribution < -0.4 is 25.0 Å². The van der Waals surface area contributed by atoms with Gasteiger partial charge in [0.2, 0.25) is 11.8 Å². The summed E-state index contributed by atoms with van der Waals surface area (Å²) in [4.78, 5) is 73.2. The summed E-state index contributed by atoms with van der Waals surface area (Å²) < 4.78 is 12.9. The molecular weight excluding hydrogens is 978 g/mol. The molecule has 5 aromatic rings. The molecule has 4 aliphatic rings. The SMILES string of the molecule is Cc1ncsc1-c1ccc(CNC(=O)[C@@H]2C[C@@H](O)CN2C(=O)[C@H](C(C)C)N2Cc3ccccc3C2=O)c(OCCN2CCN(c3ccc(C(=O)NC4C(C)(C)C(Oc5ccc(C#N)c(Cl)c5)C4(C)C)cn3)CC2)c1. The van der Waals surface area contributed by atoms with Gasteiger partial charge in [0.1, 0.15) is 48.2 Å². The van der Waals surface area contributed by atoms with E-state index in [0.29, 0.717) is 52.9 Å². The lowest BCUT2D eigenvalue weighted by Gasteiger charge is -2.63. The first-order chi connectivity index (χ1) is 35.3. The van der Waals surface area contributed by atoms with Gasteiger partial charge in [0.25, 0.3) is 11.8 Å². The summed E-state index contributed by atoms with van der Waals surface area (Å²) in [5, 5.41) is 26.7. The highest BCUT2D eigenvalue weighted by atomic mass is 35.5. The number of thiazole rings is 1. The standard InChI is InChI=1S/C56H64ClN9O7S/c1-33(2)47(66-30-39-10-8-9-11-42(39)51(66)70)52(71)65-31-40(67)25-44(65)50(69)60-28-37-13-12-35(48-34(3)61-32-74-48)24-45(37)72-23-22-63-18-20-64(21-19-63)46-17-15-38(29-59-46)49(68)62-53-55(4,5)54(56(53,6)7)73-41-16-14-36(27-58)43(57)26-41/h8-17,24,26,29,32-33,40,44,47,53-54,67H,18-23,25,28,30-31H2,1-7H3,(H,60,69)(H,62,68)/t40-,44+,47+,53?,54?/m1/s1. The third-order valence-electron chi connectivity index (χ3n) is 15.3. The van der Waals surface area contributed by atoms with Crippen LogP contribution in [-0.4, -0.2) is 130 Å². The van der Waals surface area contributed by atoms with Crippen LogP contribution in [0.3, 0.4) is 0 Å². The van der Waals surface area contributed by atoms with Crippen LogP contribution in [0.1, 0.15) is 91.1 Å². The van der Waals surface area contributed by atoms with Gasteiger partial charge in [-0.15, -0.1) is 11.3 Å². The van der Waals surface area contributed by atoms with Crippen molar-refractivity contribution in [1.29, 1.82) is 5.26 Å². The molecule has 1 aliphatic carbocycles. The van der Waals surface area contributed by atoms with Crippen LogP contribution in [0.15, 0.2) is 84.5 Å². The van der Waals surface area contributed by atoms with Gasteiger partial charge in [0.05, 0.1) is 38.3 Å². The second-order valence-electron chi connectivity index (χ2n) is 21.4. The van der Waals surface area contributed by atoms with Gasteiger partial charge in [-0.25, -0.2) is 9.97 Å². The van der Waals surface area contributed by atoms with Gasteiger partial charge in [0.15, 0.2) is 0 Å². The van der Waals surface area contributed by atoms with Gasteiger partial charge < -0.3 is 39.9 Å². The number of pyridine rings is 1. The van der Waals surface area contributed by atoms with Crippen molar-refractivity contribution in [3.63, 3.8) is 0 Å². The minimum atomic E-state index is -0.912. The molecule has 5 heterocycles. The van der Waals surface area contributed by atoms with Gasteiger partial charge in [-0.1, -0.05) is 83.5 Å². The Balaban J connectivity index is 0.782. The van der Waals surface area contributed by atoms with E-state index in [1.54, 1.807) is 46.7 Å². The minimum absolute atomic E-state index is 0.000635. The zero-order valence-corrected chi connectivity index (χ0v) is 44.5. The molecule has 0 bridgehead atoms. The first-order valence-electron chi connectivity index (χ1n) is 25.3. The van der Waals surface area contributed by atoms with Crippen molar-refractivity contribution >= 4 is 52.4 Å². The number of piperazine rings is 1. The highest BCUT2D eigenvalue weighted by Gasteiger charge is 2.64.